The molecule has 13 heteroatoms. The summed E-state index contributed by atoms with van der Waals surface area (Å²) in [5.74, 6) is 1.34. The fourth-order valence-corrected chi connectivity index (χ4v) is 6.55. The third-order valence-corrected chi connectivity index (χ3v) is 8.87. The molecule has 201 valence electrons. The third-order valence-electron chi connectivity index (χ3n) is 5.38. The minimum atomic E-state index is 0. The molecule has 3 aromatic carbocycles. The molecular formula is C27H18Cl3GaI3N3O3+3. The van der Waals surface area contributed by atoms with E-state index in [-0.39, 0.29) is 19.8 Å². The van der Waals surface area contributed by atoms with Crippen molar-refractivity contribution in [2.75, 3.05) is 0 Å². The number of nitrogens with zero attached hydrogens (tertiary/aromatic N) is 3. The average molecular weight is 989 g/mol. The van der Waals surface area contributed by atoms with Crippen LogP contribution in [0.4, 0.5) is 0 Å². The van der Waals surface area contributed by atoms with E-state index in [1.165, 1.54) is 0 Å². The summed E-state index contributed by atoms with van der Waals surface area (Å²) in [5.41, 5.74) is 2.00. The van der Waals surface area contributed by atoms with Crippen LogP contribution in [0.2, 0.25) is 15.1 Å². The van der Waals surface area contributed by atoms with E-state index < -0.39 is 0 Å². The number of aromatic nitrogens is 3. The molecule has 6 aromatic rings. The molecule has 3 radical (unpaired) electrons. The molecule has 0 fully saturated rings. The maximum absolute atomic E-state index is 7.76. The maximum atomic E-state index is 7.76. The van der Waals surface area contributed by atoms with Crippen molar-refractivity contribution in [1.29, 1.82) is 0 Å². The van der Waals surface area contributed by atoms with Crippen molar-refractivity contribution in [2.24, 2.45) is 0 Å². The molecule has 0 bridgehead atoms. The van der Waals surface area contributed by atoms with Gasteiger partial charge in [-0.1, -0.05) is 34.8 Å². The second-order valence-corrected chi connectivity index (χ2v) is 12.6. The van der Waals surface area contributed by atoms with Gasteiger partial charge >= 0.3 is 0 Å². The van der Waals surface area contributed by atoms with E-state index in [0.29, 0.717) is 48.9 Å². The normalized spacial score (nSPS) is 10.3. The van der Waals surface area contributed by atoms with Crippen molar-refractivity contribution in [3.8, 4) is 17.2 Å². The van der Waals surface area contributed by atoms with Crippen LogP contribution < -0.4 is 0 Å². The number of rotatable bonds is 0. The molecule has 6 nitrogen and oxygen atoms in total. The van der Waals surface area contributed by atoms with Crippen LogP contribution >= 0.6 is 103 Å². The second kappa shape index (κ2) is 14.9. The minimum Gasteiger partial charge on any atom is -0.591 e. The van der Waals surface area contributed by atoms with E-state index in [9.17, 15) is 0 Å². The Morgan fingerprint density at radius 1 is 0.500 bits per heavy atom. The predicted molar refractivity (Wildman–Crippen MR) is 193 cm³/mol. The molecule has 0 saturated heterocycles. The van der Waals surface area contributed by atoms with E-state index in [4.69, 9.17) is 50.1 Å². The van der Waals surface area contributed by atoms with Gasteiger partial charge in [-0.05, 0) is 122 Å². The zero-order valence-electron chi connectivity index (χ0n) is 20.1. The van der Waals surface area contributed by atoms with E-state index in [0.717, 1.165) is 26.9 Å². The van der Waals surface area contributed by atoms with Crippen LogP contribution in [0.15, 0.2) is 73.2 Å². The number of halogens is 6. The van der Waals surface area contributed by atoms with E-state index in [2.05, 4.69) is 82.7 Å². The summed E-state index contributed by atoms with van der Waals surface area (Å²) in [4.78, 5) is 12.4. The molecule has 0 aliphatic carbocycles. The van der Waals surface area contributed by atoms with Crippen molar-refractivity contribution < 1.29 is 15.3 Å². The van der Waals surface area contributed by atoms with Crippen LogP contribution in [0, 0.1) is 10.7 Å². The Labute approximate surface area is 298 Å². The molecule has 0 saturated carbocycles. The summed E-state index contributed by atoms with van der Waals surface area (Å²) in [6.07, 6.45) is 5.02. The van der Waals surface area contributed by atoms with Crippen LogP contribution in [0.1, 0.15) is 0 Å². The number of benzene rings is 3. The number of fused-ring (bicyclic) bond motifs is 3. The van der Waals surface area contributed by atoms with Gasteiger partial charge in [-0.3, -0.25) is 0 Å². The Bertz CT molecular complexity index is 1640. The zero-order valence-corrected chi connectivity index (χ0v) is 31.3. The number of hydrogen-bond donors (Lipinski definition) is 0. The summed E-state index contributed by atoms with van der Waals surface area (Å²) in [7, 11) is 0. The Balaban J connectivity index is 0.000000163. The van der Waals surface area contributed by atoms with Crippen LogP contribution in [-0.4, -0.2) is 50.1 Å². The van der Waals surface area contributed by atoms with Gasteiger partial charge in [0.2, 0.25) is 0 Å². The van der Waals surface area contributed by atoms with Gasteiger partial charge in [0.1, 0.15) is 10.7 Å². The third kappa shape index (κ3) is 7.49. The first-order valence-corrected chi connectivity index (χ1v) is 15.3. The molecule has 40 heavy (non-hydrogen) atoms. The van der Waals surface area contributed by atoms with Crippen LogP contribution in [0.3, 0.4) is 0 Å². The first-order valence-electron chi connectivity index (χ1n) is 10.9. The van der Waals surface area contributed by atoms with Gasteiger partial charge < -0.3 is 15.3 Å². The molecule has 0 unspecified atom stereocenters. The van der Waals surface area contributed by atoms with Gasteiger partial charge in [0.15, 0.2) is 16.6 Å². The molecule has 3 heterocycles. The van der Waals surface area contributed by atoms with Gasteiger partial charge in [0.05, 0.1) is 15.1 Å². The van der Waals surface area contributed by atoms with Crippen LogP contribution in [-0.2, 0) is 0 Å². The fraction of sp³-hybridized carbons (Fsp3) is 0. The van der Waals surface area contributed by atoms with Crippen molar-refractivity contribution in [3.05, 3.63) is 99.0 Å². The quantitative estimate of drug-likeness (QED) is 0.0867. The number of pyridine rings is 3. The Kier molecular flexibility index (Phi) is 12.5. The first kappa shape index (κ1) is 33.5. The maximum Gasteiger partial charge on any atom is 0.294 e. The fourth-order valence-electron chi connectivity index (χ4n) is 3.51. The second-order valence-electron chi connectivity index (χ2n) is 7.84. The molecule has 0 aliphatic heterocycles. The Morgan fingerprint density at radius 2 is 0.750 bits per heavy atom. The molecule has 6 N–H and O–H groups in total. The summed E-state index contributed by atoms with van der Waals surface area (Å²) in [5, 5.41) is 27.8. The molecule has 0 aliphatic rings. The van der Waals surface area contributed by atoms with Crippen molar-refractivity contribution >= 4 is 155 Å². The SMILES string of the molecule is [Ga].[OH2+]c1c(I)cc(Cl)c2cccnc12.[OH2+]c1c(I)cc(Cl)c2cccnc12.[OH2+]c1c(I)cc(Cl)c2cccnc12. The molecule has 6 rings (SSSR count). The standard InChI is InChI=1S/3C9H5ClINO.Ga/c3*10-6-4-7(11)9(13)8-5(6)2-1-3-12-8;/h3*1-4,13H;/p+3. The summed E-state index contributed by atoms with van der Waals surface area (Å²) >= 11 is 24.3. The van der Waals surface area contributed by atoms with Gasteiger partial charge in [-0.15, -0.1) is 0 Å². The van der Waals surface area contributed by atoms with Gasteiger partial charge in [-0.2, -0.15) is 0 Å². The minimum absolute atomic E-state index is 0. The summed E-state index contributed by atoms with van der Waals surface area (Å²) in [6.45, 7) is 0. The summed E-state index contributed by atoms with van der Waals surface area (Å²) < 4.78 is 2.48. The zero-order chi connectivity index (χ0) is 28.3. The van der Waals surface area contributed by atoms with E-state index in [1.54, 1.807) is 36.8 Å². The topological polar surface area (TPSA) is 107 Å². The van der Waals surface area contributed by atoms with Crippen LogP contribution in [0.5, 0.6) is 17.2 Å². The summed E-state index contributed by atoms with van der Waals surface area (Å²) in [6, 6.07) is 16.4. The van der Waals surface area contributed by atoms with E-state index >= 15 is 0 Å². The smallest absolute Gasteiger partial charge is 0.294 e. The van der Waals surface area contributed by atoms with Crippen molar-refractivity contribution in [1.82, 2.24) is 15.0 Å². The van der Waals surface area contributed by atoms with Gasteiger partial charge in [0, 0.05) is 54.5 Å². The van der Waals surface area contributed by atoms with Crippen molar-refractivity contribution in [2.45, 2.75) is 0 Å². The van der Waals surface area contributed by atoms with Crippen molar-refractivity contribution in [3.63, 3.8) is 0 Å². The number of hydrogen-bond acceptors (Lipinski definition) is 3. The van der Waals surface area contributed by atoms with Gasteiger partial charge in [0.25, 0.3) is 17.2 Å². The predicted octanol–water partition coefficient (Wildman–Crippen LogP) is 8.41. The van der Waals surface area contributed by atoms with Crippen LogP contribution in [0.25, 0.3) is 32.7 Å². The Morgan fingerprint density at radius 3 is 1.00 bits per heavy atom. The molecular weight excluding hydrogens is 971 g/mol. The average Bonchev–Trinajstić information content (AvgIpc) is 2.94. The molecule has 0 spiro atoms. The molecule has 0 atom stereocenters. The first-order chi connectivity index (χ1) is 18.6. The molecule has 3 aromatic heterocycles. The van der Waals surface area contributed by atoms with Gasteiger partial charge in [-0.25, -0.2) is 15.0 Å². The van der Waals surface area contributed by atoms with E-state index in [1.807, 2.05) is 36.4 Å². The monoisotopic (exact) mass is 987 g/mol. The largest absolute Gasteiger partial charge is 0.591 e. The Hall–Kier alpha value is -1.01. The molecule has 0 amide bonds.